The second-order valence-electron chi connectivity index (χ2n) is 8.61. The molecule has 3 heterocycles. The molecule has 0 saturated carbocycles. The van der Waals surface area contributed by atoms with Crippen LogP contribution in [0.25, 0.3) is 0 Å². The molecular weight excluding hydrogens is 400 g/mol. The molecule has 1 atom stereocenters. The quantitative estimate of drug-likeness (QED) is 0.688. The first-order chi connectivity index (χ1) is 14.2. The second kappa shape index (κ2) is 8.08. The summed E-state index contributed by atoms with van der Waals surface area (Å²) in [4.78, 5) is 24.3. The monoisotopic (exact) mass is 428 g/mol. The van der Waals surface area contributed by atoms with Crippen LogP contribution in [0.4, 0.5) is 11.5 Å². The lowest BCUT2D eigenvalue weighted by Gasteiger charge is -2.40. The van der Waals surface area contributed by atoms with Crippen molar-refractivity contribution < 1.29 is 9.90 Å². The normalized spacial score (nSPS) is 20.2. The number of anilines is 2. The summed E-state index contributed by atoms with van der Waals surface area (Å²) in [5.74, 6) is 1.56. The third-order valence-electron chi connectivity index (χ3n) is 6.23. The fraction of sp³-hybridized carbons (Fsp3) is 0.478. The number of likely N-dealkylation sites (tertiary alicyclic amines) is 1. The van der Waals surface area contributed by atoms with Gasteiger partial charge in [-0.15, -0.1) is 0 Å². The van der Waals surface area contributed by atoms with E-state index in [1.807, 2.05) is 12.1 Å². The van der Waals surface area contributed by atoms with Gasteiger partial charge in [-0.3, -0.25) is 14.6 Å². The topological polar surface area (TPSA) is 71.9 Å². The zero-order valence-electron chi connectivity index (χ0n) is 18.0. The zero-order valence-corrected chi connectivity index (χ0v) is 18.8. The Labute approximate surface area is 182 Å². The van der Waals surface area contributed by atoms with Crippen molar-refractivity contribution in [3.63, 3.8) is 0 Å². The number of fused-ring (bicyclic) bond motifs is 1. The van der Waals surface area contributed by atoms with Crippen LogP contribution in [0.15, 0.2) is 23.2 Å². The average molecular weight is 429 g/mol. The average Bonchev–Trinajstić information content (AvgIpc) is 3.04. The molecule has 0 bridgehead atoms. The highest BCUT2D eigenvalue weighted by Crippen LogP contribution is 2.43. The largest absolute Gasteiger partial charge is 0.481 e. The van der Waals surface area contributed by atoms with E-state index in [0.29, 0.717) is 0 Å². The summed E-state index contributed by atoms with van der Waals surface area (Å²) < 4.78 is 0. The summed E-state index contributed by atoms with van der Waals surface area (Å²) in [6.45, 7) is 10.0. The van der Waals surface area contributed by atoms with Crippen LogP contribution in [-0.2, 0) is 4.79 Å². The van der Waals surface area contributed by atoms with Crippen LogP contribution in [0, 0.1) is 26.7 Å². The number of aliphatic imine (C=N–C) groups is 1. The van der Waals surface area contributed by atoms with Gasteiger partial charge in [0.2, 0.25) is 0 Å². The molecule has 1 aromatic carbocycles. The third kappa shape index (κ3) is 3.86. The molecule has 0 amide bonds. The lowest BCUT2D eigenvalue weighted by atomic mass is 9.93. The van der Waals surface area contributed by atoms with E-state index < -0.39 is 5.97 Å². The Morgan fingerprint density at radius 3 is 2.40 bits per heavy atom. The number of aromatic amines is 1. The van der Waals surface area contributed by atoms with Crippen molar-refractivity contribution in [2.24, 2.45) is 10.9 Å². The molecule has 30 heavy (non-hydrogen) atoms. The molecule has 1 unspecified atom stereocenters. The fourth-order valence-corrected chi connectivity index (χ4v) is 5.23. The maximum absolute atomic E-state index is 11.1. The van der Waals surface area contributed by atoms with Crippen LogP contribution in [0.1, 0.15) is 54.7 Å². The molecule has 0 spiro atoms. The summed E-state index contributed by atoms with van der Waals surface area (Å²) in [6, 6.07) is 6.17. The van der Waals surface area contributed by atoms with E-state index >= 15 is 0 Å². The van der Waals surface area contributed by atoms with Crippen LogP contribution >= 0.6 is 11.6 Å². The predicted molar refractivity (Wildman–Crippen MR) is 121 cm³/mol. The van der Waals surface area contributed by atoms with Gasteiger partial charge in [-0.25, -0.2) is 4.99 Å². The summed E-state index contributed by atoms with van der Waals surface area (Å²) in [6.07, 6.45) is 2.02. The van der Waals surface area contributed by atoms with Crippen LogP contribution < -0.4 is 4.90 Å². The van der Waals surface area contributed by atoms with Gasteiger partial charge in [0.15, 0.2) is 0 Å². The Bertz CT molecular complexity index is 982. The summed E-state index contributed by atoms with van der Waals surface area (Å²) >= 11 is 6.27. The molecule has 1 aromatic heterocycles. The maximum atomic E-state index is 11.1. The number of hydrogen-bond acceptors (Lipinski definition) is 4. The molecule has 6 nitrogen and oxygen atoms in total. The Hall–Kier alpha value is -2.31. The minimum absolute atomic E-state index is 0.0418. The van der Waals surface area contributed by atoms with Gasteiger partial charge in [0.05, 0.1) is 5.69 Å². The number of carbonyl (C=O) groups is 1. The van der Waals surface area contributed by atoms with Crippen molar-refractivity contribution in [3.8, 4) is 0 Å². The van der Waals surface area contributed by atoms with Gasteiger partial charge in [0.25, 0.3) is 0 Å². The first-order valence-electron chi connectivity index (χ1n) is 10.5. The van der Waals surface area contributed by atoms with Gasteiger partial charge in [-0.2, -0.15) is 0 Å². The zero-order chi connectivity index (χ0) is 21.6. The van der Waals surface area contributed by atoms with Gasteiger partial charge in [0, 0.05) is 35.8 Å². The number of nitrogens with one attached hydrogen (secondary N) is 1. The van der Waals surface area contributed by atoms with Gasteiger partial charge in [0.1, 0.15) is 17.8 Å². The van der Waals surface area contributed by atoms with Gasteiger partial charge >= 0.3 is 5.97 Å². The lowest BCUT2D eigenvalue weighted by Crippen LogP contribution is -2.40. The minimum Gasteiger partial charge on any atom is -0.481 e. The number of H-pyrrole nitrogens is 1. The number of aryl methyl sites for hydroxylation is 3. The minimum atomic E-state index is -0.701. The number of piperidine rings is 1. The number of halogens is 1. The highest BCUT2D eigenvalue weighted by molar-refractivity contribution is 6.31. The van der Waals surface area contributed by atoms with Gasteiger partial charge in [-0.05, 0) is 75.8 Å². The SMILES string of the molecule is CC1=NC(N2CCC(CC(=O)O)CC2)c2cc(C)[nH]c2N1c1c(C)cc(Cl)cc1C. The maximum Gasteiger partial charge on any atom is 0.303 e. The van der Waals surface area contributed by atoms with E-state index in [1.165, 1.54) is 5.56 Å². The van der Waals surface area contributed by atoms with E-state index in [9.17, 15) is 4.79 Å². The molecule has 1 saturated heterocycles. The van der Waals surface area contributed by atoms with E-state index in [-0.39, 0.29) is 18.5 Å². The Morgan fingerprint density at radius 1 is 1.17 bits per heavy atom. The van der Waals surface area contributed by atoms with Crippen LogP contribution in [0.5, 0.6) is 0 Å². The number of rotatable bonds is 4. The molecular formula is C23H29ClN4O2. The van der Waals surface area contributed by atoms with E-state index in [1.54, 1.807) is 0 Å². The molecule has 0 aliphatic carbocycles. The number of benzene rings is 1. The molecule has 4 rings (SSSR count). The predicted octanol–water partition coefficient (Wildman–Crippen LogP) is 5.35. The molecule has 2 aliphatic rings. The lowest BCUT2D eigenvalue weighted by molar-refractivity contribution is -0.138. The molecule has 2 N–H and O–H groups in total. The summed E-state index contributed by atoms with van der Waals surface area (Å²) in [5, 5.41) is 9.83. The van der Waals surface area contributed by atoms with Crippen LogP contribution in [0.3, 0.4) is 0 Å². The first kappa shape index (κ1) is 20.9. The fourth-order valence-electron chi connectivity index (χ4n) is 4.90. The van der Waals surface area contributed by atoms with Crippen molar-refractivity contribution in [2.75, 3.05) is 18.0 Å². The Balaban J connectivity index is 1.67. The number of carboxylic acids is 1. The number of carboxylic acid groups (broad SMARTS) is 1. The molecule has 2 aliphatic heterocycles. The number of aliphatic carboxylic acids is 1. The highest BCUT2D eigenvalue weighted by Gasteiger charge is 2.35. The number of nitrogens with zero attached hydrogens (tertiary/aromatic N) is 3. The molecule has 7 heteroatoms. The smallest absolute Gasteiger partial charge is 0.303 e. The van der Waals surface area contributed by atoms with Crippen LogP contribution in [-0.4, -0.2) is 39.9 Å². The van der Waals surface area contributed by atoms with E-state index in [0.717, 1.165) is 65.1 Å². The third-order valence-corrected chi connectivity index (χ3v) is 6.45. The molecule has 0 radical (unpaired) electrons. The molecule has 1 fully saturated rings. The van der Waals surface area contributed by atoms with Crippen molar-refractivity contribution in [2.45, 2.75) is 53.1 Å². The van der Waals surface area contributed by atoms with Crippen molar-refractivity contribution in [3.05, 3.63) is 45.6 Å². The van der Waals surface area contributed by atoms with Crippen molar-refractivity contribution in [1.29, 1.82) is 0 Å². The van der Waals surface area contributed by atoms with E-state index in [2.05, 4.69) is 48.5 Å². The summed E-state index contributed by atoms with van der Waals surface area (Å²) in [5.41, 5.74) is 5.61. The molecule has 2 aromatic rings. The Kier molecular flexibility index (Phi) is 5.64. The van der Waals surface area contributed by atoms with Crippen molar-refractivity contribution in [1.82, 2.24) is 9.88 Å². The van der Waals surface area contributed by atoms with Gasteiger partial charge < -0.3 is 10.1 Å². The van der Waals surface area contributed by atoms with Crippen LogP contribution in [0.2, 0.25) is 5.02 Å². The standard InChI is InChI=1S/C23H29ClN4O2/c1-13-9-18(24)10-14(2)21(13)28-16(4)26-22(19-11-15(3)25-23(19)28)27-7-5-17(6-8-27)12-20(29)30/h9-11,17,22,25H,5-8,12H2,1-4H3,(H,29,30). The second-order valence-corrected chi connectivity index (χ2v) is 9.04. The van der Waals surface area contributed by atoms with Crippen molar-refractivity contribution >= 4 is 34.9 Å². The Morgan fingerprint density at radius 2 is 1.80 bits per heavy atom. The highest BCUT2D eigenvalue weighted by atomic mass is 35.5. The number of hydrogen-bond donors (Lipinski definition) is 2. The number of aromatic nitrogens is 1. The summed E-state index contributed by atoms with van der Waals surface area (Å²) in [7, 11) is 0. The number of amidine groups is 1. The first-order valence-corrected chi connectivity index (χ1v) is 10.9. The van der Waals surface area contributed by atoms with E-state index in [4.69, 9.17) is 21.7 Å². The molecule has 160 valence electrons. The van der Waals surface area contributed by atoms with Gasteiger partial charge in [-0.1, -0.05) is 11.6 Å².